The highest BCUT2D eigenvalue weighted by Gasteiger charge is 2.12. The molecular formula is C13H10ClFOS. The molecule has 1 nitrogen and oxygen atoms in total. The van der Waals surface area contributed by atoms with Gasteiger partial charge in [-0.15, -0.1) is 11.3 Å². The van der Waals surface area contributed by atoms with Crippen LogP contribution in [0.3, 0.4) is 0 Å². The van der Waals surface area contributed by atoms with Crippen molar-refractivity contribution in [2.75, 3.05) is 0 Å². The SMILES string of the molecule is CCC(=O)c1ccc(-c2cccc(Cl)c2F)s1. The number of hydrogen-bond donors (Lipinski definition) is 0. The molecule has 0 aliphatic heterocycles. The molecule has 1 aromatic carbocycles. The number of carbonyl (C=O) groups excluding carboxylic acids is 1. The average molecular weight is 269 g/mol. The van der Waals surface area contributed by atoms with Crippen LogP contribution in [-0.2, 0) is 0 Å². The molecule has 0 bridgehead atoms. The molecule has 88 valence electrons. The molecule has 2 rings (SSSR count). The number of carbonyl (C=O) groups is 1. The second-order valence-electron chi connectivity index (χ2n) is 3.54. The highest BCUT2D eigenvalue weighted by molar-refractivity contribution is 7.17. The van der Waals surface area contributed by atoms with Gasteiger partial charge in [0, 0.05) is 16.9 Å². The van der Waals surface area contributed by atoms with Gasteiger partial charge in [-0.2, -0.15) is 0 Å². The van der Waals surface area contributed by atoms with E-state index in [0.717, 1.165) is 4.88 Å². The van der Waals surface area contributed by atoms with Gasteiger partial charge in [0.1, 0.15) is 5.82 Å². The predicted octanol–water partition coefficient (Wildman–Crippen LogP) is 4.80. The highest BCUT2D eigenvalue weighted by atomic mass is 35.5. The lowest BCUT2D eigenvalue weighted by atomic mass is 10.2. The van der Waals surface area contributed by atoms with Crippen LogP contribution < -0.4 is 0 Å². The molecular weight excluding hydrogens is 259 g/mol. The maximum absolute atomic E-state index is 13.8. The summed E-state index contributed by atoms with van der Waals surface area (Å²) < 4.78 is 13.8. The van der Waals surface area contributed by atoms with Crippen LogP contribution in [0.4, 0.5) is 4.39 Å². The van der Waals surface area contributed by atoms with Crippen molar-refractivity contribution >= 4 is 28.7 Å². The molecule has 1 heterocycles. The minimum Gasteiger partial charge on any atom is -0.293 e. The summed E-state index contributed by atoms with van der Waals surface area (Å²) >= 11 is 7.02. The Labute approximate surface area is 108 Å². The van der Waals surface area contributed by atoms with Crippen molar-refractivity contribution in [2.45, 2.75) is 13.3 Å². The summed E-state index contributed by atoms with van der Waals surface area (Å²) in [5, 5.41) is 0.0965. The minimum absolute atomic E-state index is 0.0729. The minimum atomic E-state index is -0.438. The van der Waals surface area contributed by atoms with Crippen LogP contribution >= 0.6 is 22.9 Å². The van der Waals surface area contributed by atoms with Gasteiger partial charge in [-0.1, -0.05) is 30.7 Å². The van der Waals surface area contributed by atoms with Crippen LogP contribution in [0.25, 0.3) is 10.4 Å². The van der Waals surface area contributed by atoms with Crippen LogP contribution in [0, 0.1) is 5.82 Å². The van der Waals surface area contributed by atoms with Gasteiger partial charge >= 0.3 is 0 Å². The summed E-state index contributed by atoms with van der Waals surface area (Å²) in [4.78, 5) is 12.9. The zero-order valence-corrected chi connectivity index (χ0v) is 10.7. The summed E-state index contributed by atoms with van der Waals surface area (Å²) in [5.74, 6) is -0.366. The van der Waals surface area contributed by atoms with Crippen LogP contribution in [0.5, 0.6) is 0 Å². The molecule has 17 heavy (non-hydrogen) atoms. The summed E-state index contributed by atoms with van der Waals surface area (Å²) in [5.41, 5.74) is 0.442. The number of thiophene rings is 1. The van der Waals surface area contributed by atoms with E-state index in [2.05, 4.69) is 0 Å². The van der Waals surface area contributed by atoms with Gasteiger partial charge in [-0.25, -0.2) is 4.39 Å². The van der Waals surface area contributed by atoms with E-state index < -0.39 is 5.82 Å². The Bertz CT molecular complexity index is 562. The van der Waals surface area contributed by atoms with Crippen molar-refractivity contribution in [2.24, 2.45) is 0 Å². The number of Topliss-reactive ketones (excluding diaryl/α,β-unsaturated/α-hetero) is 1. The Kier molecular flexibility index (Phi) is 3.60. The Morgan fingerprint density at radius 2 is 2.12 bits per heavy atom. The second kappa shape index (κ2) is 4.98. The quantitative estimate of drug-likeness (QED) is 0.731. The molecule has 0 atom stereocenters. The fourth-order valence-corrected chi connectivity index (χ4v) is 2.71. The maximum Gasteiger partial charge on any atom is 0.172 e. The van der Waals surface area contributed by atoms with Crippen molar-refractivity contribution in [3.8, 4) is 10.4 Å². The summed E-state index contributed by atoms with van der Waals surface area (Å²) in [6.07, 6.45) is 0.456. The average Bonchev–Trinajstić information content (AvgIpc) is 2.81. The fourth-order valence-electron chi connectivity index (χ4n) is 1.50. The Morgan fingerprint density at radius 1 is 1.35 bits per heavy atom. The number of rotatable bonds is 3. The molecule has 0 aliphatic carbocycles. The molecule has 0 unspecified atom stereocenters. The topological polar surface area (TPSA) is 17.1 Å². The molecule has 0 radical (unpaired) electrons. The van der Waals surface area contributed by atoms with Crippen molar-refractivity contribution in [1.29, 1.82) is 0 Å². The van der Waals surface area contributed by atoms with Gasteiger partial charge in [-0.05, 0) is 18.2 Å². The van der Waals surface area contributed by atoms with Crippen molar-refractivity contribution in [3.63, 3.8) is 0 Å². The molecule has 0 aliphatic rings. The molecule has 4 heteroatoms. The van der Waals surface area contributed by atoms with Gasteiger partial charge in [0.15, 0.2) is 5.78 Å². The van der Waals surface area contributed by atoms with Crippen LogP contribution in [0.2, 0.25) is 5.02 Å². The zero-order chi connectivity index (χ0) is 12.4. The summed E-state index contributed by atoms with van der Waals surface area (Å²) in [6, 6.07) is 8.34. The Balaban J connectivity index is 2.44. The van der Waals surface area contributed by atoms with Gasteiger partial charge in [0.05, 0.1) is 9.90 Å². The monoisotopic (exact) mass is 268 g/mol. The van der Waals surface area contributed by atoms with Crippen molar-refractivity contribution in [1.82, 2.24) is 0 Å². The van der Waals surface area contributed by atoms with E-state index >= 15 is 0 Å². The standard InChI is InChI=1S/C13H10ClFOS/c1-2-10(16)12-7-6-11(17-12)8-4-3-5-9(14)13(8)15/h3-7H,2H2,1H3. The van der Waals surface area contributed by atoms with E-state index in [-0.39, 0.29) is 10.8 Å². The maximum atomic E-state index is 13.8. The largest absolute Gasteiger partial charge is 0.293 e. The van der Waals surface area contributed by atoms with Gasteiger partial charge in [0.2, 0.25) is 0 Å². The molecule has 0 N–H and O–H groups in total. The first-order valence-corrected chi connectivity index (χ1v) is 6.40. The summed E-state index contributed by atoms with van der Waals surface area (Å²) in [6.45, 7) is 1.81. The third-order valence-electron chi connectivity index (χ3n) is 2.42. The van der Waals surface area contributed by atoms with E-state index in [9.17, 15) is 9.18 Å². The molecule has 2 aromatic rings. The highest BCUT2D eigenvalue weighted by Crippen LogP contribution is 2.33. The van der Waals surface area contributed by atoms with E-state index in [0.29, 0.717) is 16.9 Å². The Hall–Kier alpha value is -1.19. The smallest absolute Gasteiger partial charge is 0.172 e. The lowest BCUT2D eigenvalue weighted by Gasteiger charge is -2.01. The Morgan fingerprint density at radius 3 is 2.82 bits per heavy atom. The van der Waals surface area contributed by atoms with Crippen molar-refractivity contribution in [3.05, 3.63) is 46.0 Å². The third-order valence-corrected chi connectivity index (χ3v) is 3.87. The molecule has 0 amide bonds. The first kappa shape index (κ1) is 12.3. The van der Waals surface area contributed by atoms with E-state index in [1.165, 1.54) is 17.4 Å². The van der Waals surface area contributed by atoms with E-state index in [4.69, 9.17) is 11.6 Å². The molecule has 0 fully saturated rings. The van der Waals surface area contributed by atoms with Crippen LogP contribution in [-0.4, -0.2) is 5.78 Å². The number of benzene rings is 1. The van der Waals surface area contributed by atoms with Gasteiger partial charge in [-0.3, -0.25) is 4.79 Å². The number of halogens is 2. The number of ketones is 1. The second-order valence-corrected chi connectivity index (χ2v) is 5.03. The van der Waals surface area contributed by atoms with Crippen molar-refractivity contribution < 1.29 is 9.18 Å². The predicted molar refractivity (Wildman–Crippen MR) is 69.3 cm³/mol. The van der Waals surface area contributed by atoms with E-state index in [1.54, 1.807) is 24.3 Å². The fraction of sp³-hybridized carbons (Fsp3) is 0.154. The van der Waals surface area contributed by atoms with Gasteiger partial charge in [0.25, 0.3) is 0 Å². The molecule has 0 spiro atoms. The first-order chi connectivity index (χ1) is 8.13. The first-order valence-electron chi connectivity index (χ1n) is 5.21. The summed E-state index contributed by atoms with van der Waals surface area (Å²) in [7, 11) is 0. The normalized spacial score (nSPS) is 10.5. The number of hydrogen-bond acceptors (Lipinski definition) is 2. The molecule has 1 aromatic heterocycles. The third kappa shape index (κ3) is 2.40. The van der Waals surface area contributed by atoms with Gasteiger partial charge < -0.3 is 0 Å². The van der Waals surface area contributed by atoms with Crippen LogP contribution in [0.1, 0.15) is 23.0 Å². The molecule has 0 saturated carbocycles. The van der Waals surface area contributed by atoms with Crippen LogP contribution in [0.15, 0.2) is 30.3 Å². The lowest BCUT2D eigenvalue weighted by molar-refractivity contribution is 0.0992. The zero-order valence-electron chi connectivity index (χ0n) is 9.17. The molecule has 0 saturated heterocycles. The lowest BCUT2D eigenvalue weighted by Crippen LogP contribution is -1.90. The van der Waals surface area contributed by atoms with E-state index in [1.807, 2.05) is 6.92 Å².